The lowest BCUT2D eigenvalue weighted by Gasteiger charge is -2.39. The summed E-state index contributed by atoms with van der Waals surface area (Å²) in [6, 6.07) is 0.845. The summed E-state index contributed by atoms with van der Waals surface area (Å²) < 4.78 is 32.6. The lowest BCUT2D eigenvalue weighted by atomic mass is 9.98. The maximum Gasteiger partial charge on any atom is 0.404 e. The summed E-state index contributed by atoms with van der Waals surface area (Å²) in [6.07, 6.45) is 0.131. The molecular formula is C14H16BrF2N3O3. The van der Waals surface area contributed by atoms with Gasteiger partial charge in [0.05, 0.1) is 12.6 Å². The molecule has 1 unspecified atom stereocenters. The van der Waals surface area contributed by atoms with E-state index < -0.39 is 30.5 Å². The summed E-state index contributed by atoms with van der Waals surface area (Å²) in [5.41, 5.74) is 5.76. The van der Waals surface area contributed by atoms with E-state index in [1.165, 1.54) is 12.3 Å². The van der Waals surface area contributed by atoms with Gasteiger partial charge in [-0.25, -0.2) is 18.6 Å². The van der Waals surface area contributed by atoms with Crippen LogP contribution in [0.15, 0.2) is 16.9 Å². The largest absolute Gasteiger partial charge is 0.448 e. The Labute approximate surface area is 140 Å². The number of alkyl halides is 2. The second-order valence-corrected chi connectivity index (χ2v) is 6.25. The third-order valence-electron chi connectivity index (χ3n) is 3.66. The molecule has 23 heavy (non-hydrogen) atoms. The second-order valence-electron chi connectivity index (χ2n) is 5.43. The molecule has 1 saturated heterocycles. The van der Waals surface area contributed by atoms with Crippen molar-refractivity contribution < 1.29 is 23.1 Å². The highest BCUT2D eigenvalue weighted by Gasteiger charge is 2.42. The molecule has 2 rings (SSSR count). The SMILES string of the molecule is Cc1cnc(Br)cc1C(=O)N1CC(F)(F)CCC1COC(N)=O. The maximum atomic E-state index is 13.7. The molecule has 0 aliphatic carbocycles. The second kappa shape index (κ2) is 6.77. The van der Waals surface area contributed by atoms with Crippen molar-refractivity contribution >= 4 is 27.9 Å². The Kier molecular flexibility index (Phi) is 5.18. The van der Waals surface area contributed by atoms with E-state index in [0.29, 0.717) is 10.2 Å². The van der Waals surface area contributed by atoms with Gasteiger partial charge in [-0.05, 0) is 40.9 Å². The van der Waals surface area contributed by atoms with Crippen LogP contribution in [0.1, 0.15) is 28.8 Å². The monoisotopic (exact) mass is 391 g/mol. The highest BCUT2D eigenvalue weighted by molar-refractivity contribution is 9.10. The van der Waals surface area contributed by atoms with Gasteiger partial charge in [-0.3, -0.25) is 4.79 Å². The molecule has 2 N–H and O–H groups in total. The zero-order valence-electron chi connectivity index (χ0n) is 12.4. The smallest absolute Gasteiger partial charge is 0.404 e. The normalized spacial score (nSPS) is 20.2. The van der Waals surface area contributed by atoms with Gasteiger partial charge in [0.15, 0.2) is 0 Å². The number of piperidine rings is 1. The van der Waals surface area contributed by atoms with E-state index in [-0.39, 0.29) is 25.0 Å². The number of carbonyl (C=O) groups is 2. The number of hydrogen-bond donors (Lipinski definition) is 1. The van der Waals surface area contributed by atoms with Crippen LogP contribution in [0.3, 0.4) is 0 Å². The predicted molar refractivity (Wildman–Crippen MR) is 81.2 cm³/mol. The van der Waals surface area contributed by atoms with E-state index in [0.717, 1.165) is 4.90 Å². The van der Waals surface area contributed by atoms with Crippen LogP contribution in [0.25, 0.3) is 0 Å². The fraction of sp³-hybridized carbons (Fsp3) is 0.500. The van der Waals surface area contributed by atoms with Crippen LogP contribution in [0, 0.1) is 6.92 Å². The average Bonchev–Trinajstić information content (AvgIpc) is 2.47. The number of aromatic nitrogens is 1. The highest BCUT2D eigenvalue weighted by atomic mass is 79.9. The van der Waals surface area contributed by atoms with E-state index in [1.807, 2.05) is 0 Å². The van der Waals surface area contributed by atoms with Crippen molar-refractivity contribution in [2.75, 3.05) is 13.2 Å². The van der Waals surface area contributed by atoms with Crippen molar-refractivity contribution in [3.8, 4) is 0 Å². The van der Waals surface area contributed by atoms with Crippen LogP contribution in [0.5, 0.6) is 0 Å². The highest BCUT2D eigenvalue weighted by Crippen LogP contribution is 2.32. The molecule has 0 spiro atoms. The molecule has 1 fully saturated rings. The van der Waals surface area contributed by atoms with Crippen molar-refractivity contribution in [3.63, 3.8) is 0 Å². The van der Waals surface area contributed by atoms with Crippen LogP contribution >= 0.6 is 15.9 Å². The number of ether oxygens (including phenoxy) is 1. The fourth-order valence-electron chi connectivity index (χ4n) is 2.46. The minimum Gasteiger partial charge on any atom is -0.448 e. The third kappa shape index (κ3) is 4.37. The van der Waals surface area contributed by atoms with Crippen molar-refractivity contribution in [2.24, 2.45) is 5.73 Å². The number of amides is 2. The Morgan fingerprint density at radius 1 is 1.57 bits per heavy atom. The van der Waals surface area contributed by atoms with Crippen LogP contribution in [-0.4, -0.2) is 47.0 Å². The molecule has 1 atom stereocenters. The van der Waals surface area contributed by atoms with E-state index in [2.05, 4.69) is 20.9 Å². The molecule has 0 radical (unpaired) electrons. The lowest BCUT2D eigenvalue weighted by molar-refractivity contribution is -0.0787. The van der Waals surface area contributed by atoms with Gasteiger partial charge < -0.3 is 15.4 Å². The number of nitrogens with zero attached hydrogens (tertiary/aromatic N) is 2. The van der Waals surface area contributed by atoms with Crippen LogP contribution < -0.4 is 5.73 Å². The molecule has 0 aromatic carbocycles. The number of halogens is 3. The van der Waals surface area contributed by atoms with Crippen molar-refractivity contribution in [2.45, 2.75) is 31.7 Å². The van der Waals surface area contributed by atoms with Crippen molar-refractivity contribution in [1.29, 1.82) is 0 Å². The van der Waals surface area contributed by atoms with Crippen molar-refractivity contribution in [3.05, 3.63) is 28.0 Å². The molecule has 0 saturated carbocycles. The summed E-state index contributed by atoms with van der Waals surface area (Å²) in [6.45, 7) is 0.740. The number of rotatable bonds is 3. The Balaban J connectivity index is 2.27. The first-order valence-corrected chi connectivity index (χ1v) is 7.72. The van der Waals surface area contributed by atoms with Gasteiger partial charge >= 0.3 is 6.09 Å². The lowest BCUT2D eigenvalue weighted by Crippen LogP contribution is -2.53. The summed E-state index contributed by atoms with van der Waals surface area (Å²) in [5, 5.41) is 0. The summed E-state index contributed by atoms with van der Waals surface area (Å²) >= 11 is 3.16. The Bertz CT molecular complexity index is 627. The number of pyridine rings is 1. The van der Waals surface area contributed by atoms with Gasteiger partial charge in [0, 0.05) is 18.2 Å². The molecule has 2 heterocycles. The van der Waals surface area contributed by atoms with E-state index in [1.54, 1.807) is 6.92 Å². The minimum atomic E-state index is -2.98. The Morgan fingerprint density at radius 3 is 2.91 bits per heavy atom. The first-order valence-electron chi connectivity index (χ1n) is 6.93. The minimum absolute atomic E-state index is 0.0251. The molecule has 126 valence electrons. The number of hydrogen-bond acceptors (Lipinski definition) is 4. The number of likely N-dealkylation sites (tertiary alicyclic amines) is 1. The Morgan fingerprint density at radius 2 is 2.26 bits per heavy atom. The van der Waals surface area contributed by atoms with Crippen molar-refractivity contribution in [1.82, 2.24) is 9.88 Å². The van der Waals surface area contributed by atoms with Gasteiger partial charge in [0.1, 0.15) is 11.2 Å². The molecule has 1 aromatic heterocycles. The number of aryl methyl sites for hydroxylation is 1. The van der Waals surface area contributed by atoms with E-state index in [4.69, 9.17) is 10.5 Å². The zero-order valence-corrected chi connectivity index (χ0v) is 14.0. The predicted octanol–water partition coefficient (Wildman–Crippen LogP) is 2.49. The van der Waals surface area contributed by atoms with Gasteiger partial charge in [-0.1, -0.05) is 0 Å². The molecule has 1 aromatic rings. The maximum absolute atomic E-state index is 13.7. The number of nitrogens with two attached hydrogens (primary N) is 1. The summed E-state index contributed by atoms with van der Waals surface area (Å²) in [7, 11) is 0. The van der Waals surface area contributed by atoms with Crippen LogP contribution in [0.2, 0.25) is 0 Å². The molecule has 1 aliphatic heterocycles. The third-order valence-corrected chi connectivity index (χ3v) is 4.10. The average molecular weight is 392 g/mol. The summed E-state index contributed by atoms with van der Waals surface area (Å²) in [5.74, 6) is -3.53. The molecular weight excluding hydrogens is 376 g/mol. The molecule has 1 aliphatic rings. The first kappa shape index (κ1) is 17.6. The zero-order chi connectivity index (χ0) is 17.2. The van der Waals surface area contributed by atoms with E-state index >= 15 is 0 Å². The molecule has 6 nitrogen and oxygen atoms in total. The first-order chi connectivity index (χ1) is 10.7. The van der Waals surface area contributed by atoms with Gasteiger partial charge in [0.2, 0.25) is 0 Å². The van der Waals surface area contributed by atoms with Gasteiger partial charge in [-0.2, -0.15) is 0 Å². The quantitative estimate of drug-likeness (QED) is 0.801. The summed E-state index contributed by atoms with van der Waals surface area (Å²) in [4.78, 5) is 28.5. The van der Waals surface area contributed by atoms with E-state index in [9.17, 15) is 18.4 Å². The standard InChI is InChI=1S/C14H16BrF2N3O3/c1-8-5-19-11(15)4-10(8)12(21)20-7-14(16,17)3-2-9(20)6-23-13(18)22/h4-5,9H,2-3,6-7H2,1H3,(H2,18,22). The van der Waals surface area contributed by atoms with Crippen LogP contribution in [-0.2, 0) is 4.74 Å². The fourth-order valence-corrected chi connectivity index (χ4v) is 2.79. The molecule has 9 heteroatoms. The Hall–Kier alpha value is -1.77. The molecule has 2 amide bonds. The topological polar surface area (TPSA) is 85.5 Å². The molecule has 0 bridgehead atoms. The number of primary amides is 1. The number of carbonyl (C=O) groups excluding carboxylic acids is 2. The van der Waals surface area contributed by atoms with Gasteiger partial charge in [-0.15, -0.1) is 0 Å². The van der Waals surface area contributed by atoms with Gasteiger partial charge in [0.25, 0.3) is 11.8 Å². The van der Waals surface area contributed by atoms with Crippen LogP contribution in [0.4, 0.5) is 13.6 Å².